The fourth-order valence-electron chi connectivity index (χ4n) is 2.03. The van der Waals surface area contributed by atoms with Crippen LogP contribution in [0.25, 0.3) is 0 Å². The van der Waals surface area contributed by atoms with Crippen LogP contribution in [0.3, 0.4) is 0 Å². The van der Waals surface area contributed by atoms with Gasteiger partial charge in [0.25, 0.3) is 10.2 Å². The number of nitrogens with zero attached hydrogens (tertiary/aromatic N) is 3. The average Bonchev–Trinajstić information content (AvgIpc) is 2.89. The van der Waals surface area contributed by atoms with Crippen LogP contribution in [0.5, 0.6) is 0 Å². The lowest BCUT2D eigenvalue weighted by atomic mass is 10.1. The SMILES string of the molecule is NCC1CCCCN1S(=O)(=O)NCc1ncon1. The van der Waals surface area contributed by atoms with Gasteiger partial charge in [0.05, 0.1) is 6.54 Å². The summed E-state index contributed by atoms with van der Waals surface area (Å²) in [7, 11) is -3.54. The molecule has 1 aromatic rings. The third kappa shape index (κ3) is 3.05. The summed E-state index contributed by atoms with van der Waals surface area (Å²) in [6.07, 6.45) is 3.84. The number of hydrogen-bond acceptors (Lipinski definition) is 6. The zero-order valence-electron chi connectivity index (χ0n) is 9.95. The second kappa shape index (κ2) is 5.74. The normalized spacial score (nSPS) is 22.2. The van der Waals surface area contributed by atoms with Crippen LogP contribution in [0.1, 0.15) is 25.1 Å². The Morgan fingerprint density at radius 1 is 1.56 bits per heavy atom. The Morgan fingerprint density at radius 3 is 3.06 bits per heavy atom. The topological polar surface area (TPSA) is 114 Å². The Morgan fingerprint density at radius 2 is 2.39 bits per heavy atom. The molecule has 0 bridgehead atoms. The van der Waals surface area contributed by atoms with E-state index in [0.29, 0.717) is 18.9 Å². The van der Waals surface area contributed by atoms with Crippen molar-refractivity contribution >= 4 is 10.2 Å². The van der Waals surface area contributed by atoms with Gasteiger partial charge in [-0.2, -0.15) is 22.4 Å². The minimum absolute atomic E-state index is 0.0205. The van der Waals surface area contributed by atoms with E-state index in [0.717, 1.165) is 25.7 Å². The van der Waals surface area contributed by atoms with Gasteiger partial charge in [-0.3, -0.25) is 0 Å². The number of nitrogens with one attached hydrogen (secondary N) is 1. The number of hydrogen-bond donors (Lipinski definition) is 2. The summed E-state index contributed by atoms with van der Waals surface area (Å²) in [6, 6.07) is -0.124. The lowest BCUT2D eigenvalue weighted by molar-refractivity contribution is 0.254. The molecule has 1 unspecified atom stereocenters. The van der Waals surface area contributed by atoms with E-state index in [2.05, 4.69) is 19.4 Å². The van der Waals surface area contributed by atoms with Crippen LogP contribution in [0.4, 0.5) is 0 Å². The Hall–Kier alpha value is -1.03. The maximum Gasteiger partial charge on any atom is 0.280 e. The Labute approximate surface area is 106 Å². The predicted molar refractivity (Wildman–Crippen MR) is 63.5 cm³/mol. The van der Waals surface area contributed by atoms with Crippen LogP contribution in [-0.2, 0) is 16.8 Å². The molecule has 1 saturated heterocycles. The van der Waals surface area contributed by atoms with Gasteiger partial charge >= 0.3 is 0 Å². The molecule has 1 aliphatic heterocycles. The summed E-state index contributed by atoms with van der Waals surface area (Å²) in [5, 5.41) is 3.55. The summed E-state index contributed by atoms with van der Waals surface area (Å²) < 4.78 is 32.7. The average molecular weight is 275 g/mol. The number of piperidine rings is 1. The van der Waals surface area contributed by atoms with Gasteiger partial charge < -0.3 is 10.3 Å². The fourth-order valence-corrected chi connectivity index (χ4v) is 3.47. The maximum atomic E-state index is 12.1. The highest BCUT2D eigenvalue weighted by Crippen LogP contribution is 2.18. The van der Waals surface area contributed by atoms with Crippen molar-refractivity contribution in [3.05, 3.63) is 12.2 Å². The summed E-state index contributed by atoms with van der Waals surface area (Å²) in [5.74, 6) is 0.305. The molecular formula is C9H17N5O3S. The lowest BCUT2D eigenvalue weighted by Gasteiger charge is -2.33. The van der Waals surface area contributed by atoms with Crippen molar-refractivity contribution in [3.8, 4) is 0 Å². The molecular weight excluding hydrogens is 258 g/mol. The van der Waals surface area contributed by atoms with Crippen LogP contribution < -0.4 is 10.5 Å². The molecule has 2 heterocycles. The first-order chi connectivity index (χ1) is 8.63. The van der Waals surface area contributed by atoms with Crippen LogP contribution in [0, 0.1) is 0 Å². The second-order valence-corrected chi connectivity index (χ2v) is 5.88. The van der Waals surface area contributed by atoms with Crippen molar-refractivity contribution < 1.29 is 12.9 Å². The van der Waals surface area contributed by atoms with Gasteiger partial charge in [0.1, 0.15) is 0 Å². The van der Waals surface area contributed by atoms with Crippen molar-refractivity contribution in [2.45, 2.75) is 31.8 Å². The van der Waals surface area contributed by atoms with Gasteiger partial charge in [0.2, 0.25) is 6.39 Å². The van der Waals surface area contributed by atoms with E-state index in [1.807, 2.05) is 0 Å². The molecule has 2 rings (SSSR count). The first-order valence-corrected chi connectivity index (χ1v) is 7.29. The van der Waals surface area contributed by atoms with Crippen molar-refractivity contribution in [2.24, 2.45) is 5.73 Å². The highest BCUT2D eigenvalue weighted by Gasteiger charge is 2.31. The molecule has 1 aromatic heterocycles. The molecule has 3 N–H and O–H groups in total. The molecule has 0 amide bonds. The van der Waals surface area contributed by atoms with E-state index in [-0.39, 0.29) is 12.6 Å². The molecule has 0 spiro atoms. The molecule has 1 aliphatic rings. The van der Waals surface area contributed by atoms with Crippen LogP contribution in [-0.4, -0.2) is 42.0 Å². The molecule has 18 heavy (non-hydrogen) atoms. The number of aromatic nitrogens is 2. The van der Waals surface area contributed by atoms with Crippen LogP contribution in [0.2, 0.25) is 0 Å². The molecule has 9 heteroatoms. The molecule has 1 fully saturated rings. The first kappa shape index (κ1) is 13.4. The lowest BCUT2D eigenvalue weighted by Crippen LogP contribution is -2.51. The van der Waals surface area contributed by atoms with E-state index in [1.54, 1.807) is 0 Å². The molecule has 0 saturated carbocycles. The smallest absolute Gasteiger partial charge is 0.280 e. The molecule has 1 atom stereocenters. The fraction of sp³-hybridized carbons (Fsp3) is 0.778. The van der Waals surface area contributed by atoms with Crippen LogP contribution in [0.15, 0.2) is 10.9 Å². The Bertz CT molecular complexity index is 461. The van der Waals surface area contributed by atoms with E-state index in [9.17, 15) is 8.42 Å². The monoisotopic (exact) mass is 275 g/mol. The third-order valence-electron chi connectivity index (χ3n) is 2.97. The zero-order valence-corrected chi connectivity index (χ0v) is 10.8. The third-order valence-corrected chi connectivity index (χ3v) is 4.58. The van der Waals surface area contributed by atoms with Crippen molar-refractivity contribution in [2.75, 3.05) is 13.1 Å². The summed E-state index contributed by atoms with van der Waals surface area (Å²) in [5.41, 5.74) is 5.61. The second-order valence-electron chi connectivity index (χ2n) is 4.17. The summed E-state index contributed by atoms with van der Waals surface area (Å²) in [6.45, 7) is 0.860. The number of rotatable bonds is 5. The van der Waals surface area contributed by atoms with E-state index in [1.165, 1.54) is 4.31 Å². The van der Waals surface area contributed by atoms with Crippen molar-refractivity contribution in [3.63, 3.8) is 0 Å². The number of nitrogens with two attached hydrogens (primary N) is 1. The maximum absolute atomic E-state index is 12.1. The molecule has 0 aliphatic carbocycles. The minimum Gasteiger partial charge on any atom is -0.343 e. The molecule has 8 nitrogen and oxygen atoms in total. The Kier molecular flexibility index (Phi) is 4.27. The zero-order chi connectivity index (χ0) is 13.0. The quantitative estimate of drug-likeness (QED) is 0.728. The van der Waals surface area contributed by atoms with E-state index >= 15 is 0 Å². The largest absolute Gasteiger partial charge is 0.343 e. The minimum atomic E-state index is -3.54. The summed E-state index contributed by atoms with van der Waals surface area (Å²) in [4.78, 5) is 3.76. The van der Waals surface area contributed by atoms with Gasteiger partial charge in [-0.1, -0.05) is 11.6 Å². The van der Waals surface area contributed by atoms with Gasteiger partial charge in [0.15, 0.2) is 5.82 Å². The Balaban J connectivity index is 2.00. The molecule has 0 aromatic carbocycles. The highest BCUT2D eigenvalue weighted by molar-refractivity contribution is 7.87. The van der Waals surface area contributed by atoms with Gasteiger partial charge in [0, 0.05) is 19.1 Å². The highest BCUT2D eigenvalue weighted by atomic mass is 32.2. The van der Waals surface area contributed by atoms with Crippen LogP contribution >= 0.6 is 0 Å². The van der Waals surface area contributed by atoms with Crippen molar-refractivity contribution in [1.82, 2.24) is 19.2 Å². The first-order valence-electron chi connectivity index (χ1n) is 5.85. The summed E-state index contributed by atoms with van der Waals surface area (Å²) >= 11 is 0. The van der Waals surface area contributed by atoms with E-state index in [4.69, 9.17) is 5.73 Å². The molecule has 0 radical (unpaired) electrons. The van der Waals surface area contributed by atoms with Crippen molar-refractivity contribution in [1.29, 1.82) is 0 Å². The standard InChI is InChI=1S/C9H17N5O3S/c10-5-8-3-1-2-4-14(8)18(15,16)12-6-9-11-7-17-13-9/h7-8,12H,1-6,10H2. The van der Waals surface area contributed by atoms with Gasteiger partial charge in [-0.15, -0.1) is 0 Å². The van der Waals surface area contributed by atoms with Gasteiger partial charge in [-0.05, 0) is 12.8 Å². The molecule has 102 valence electrons. The van der Waals surface area contributed by atoms with Gasteiger partial charge in [-0.25, -0.2) is 0 Å². The predicted octanol–water partition coefficient (Wildman–Crippen LogP) is -0.783. The van der Waals surface area contributed by atoms with E-state index < -0.39 is 10.2 Å².